The number of hydrogen-bond donors (Lipinski definition) is 0. The molecule has 0 N–H and O–H groups in total. The lowest BCUT2D eigenvalue weighted by molar-refractivity contribution is -0.870. The van der Waals surface area contributed by atoms with Crippen LogP contribution in [0.4, 0.5) is 0 Å². The van der Waals surface area contributed by atoms with Gasteiger partial charge in [0.05, 0.1) is 27.7 Å². The van der Waals surface area contributed by atoms with Crippen molar-refractivity contribution in [2.45, 2.75) is 174 Å². The van der Waals surface area contributed by atoms with Gasteiger partial charge in [0.25, 0.3) is 7.82 Å². The van der Waals surface area contributed by atoms with E-state index in [2.05, 4.69) is 68.5 Å². The van der Waals surface area contributed by atoms with Crippen LogP contribution in [0.25, 0.3) is 0 Å². The van der Waals surface area contributed by atoms with Crippen LogP contribution in [0, 0.1) is 0 Å². The summed E-state index contributed by atoms with van der Waals surface area (Å²) in [7, 11) is 1.12. The number of quaternary nitrogens is 1. The molecule has 56 heavy (non-hydrogen) atoms. The van der Waals surface area contributed by atoms with Crippen LogP contribution in [0.5, 0.6) is 0 Å². The molecule has 9 nitrogen and oxygen atoms in total. The van der Waals surface area contributed by atoms with Gasteiger partial charge < -0.3 is 27.9 Å². The van der Waals surface area contributed by atoms with E-state index in [9.17, 15) is 19.0 Å². The summed E-state index contributed by atoms with van der Waals surface area (Å²) in [6.07, 6.45) is 45.5. The molecule has 0 aromatic carbocycles. The average molecular weight is 808 g/mol. The predicted octanol–water partition coefficient (Wildman–Crippen LogP) is 11.8. The maximum atomic E-state index is 12.6. The standard InChI is InChI=1S/C46H82NO8P/c1-6-8-10-12-14-16-18-19-20-21-22-23-24-25-26-27-29-31-33-35-37-39-46(49)55-44(43-54-56(50,51)53-41-40-47(3,4)5)42-52-45(48)38-36-34-32-30-28-17-15-13-11-9-7-2/h13,15,20-21,23-24,26-27,31,33,44H,6-12,14,16-19,22,25,28-30,32,34-43H2,1-5H3/b15-13+,21-20+,24-23+,27-26+,33-31+/t44-/m1/s1. The van der Waals surface area contributed by atoms with Crippen molar-refractivity contribution in [3.8, 4) is 0 Å². The topological polar surface area (TPSA) is 111 Å². The van der Waals surface area contributed by atoms with Crippen LogP contribution >= 0.6 is 7.82 Å². The molecule has 0 rings (SSSR count). The van der Waals surface area contributed by atoms with Crippen LogP contribution in [-0.4, -0.2) is 70.0 Å². The largest absolute Gasteiger partial charge is 0.756 e. The van der Waals surface area contributed by atoms with Gasteiger partial charge in [-0.1, -0.05) is 145 Å². The lowest BCUT2D eigenvalue weighted by Gasteiger charge is -2.28. The first kappa shape index (κ1) is 53.7. The van der Waals surface area contributed by atoms with Gasteiger partial charge >= 0.3 is 11.9 Å². The van der Waals surface area contributed by atoms with Crippen molar-refractivity contribution in [3.63, 3.8) is 0 Å². The second kappa shape index (κ2) is 38.2. The summed E-state index contributed by atoms with van der Waals surface area (Å²) in [5.41, 5.74) is 0. The van der Waals surface area contributed by atoms with E-state index in [-0.39, 0.29) is 26.1 Å². The van der Waals surface area contributed by atoms with Gasteiger partial charge in [0.2, 0.25) is 0 Å². The number of rotatable bonds is 39. The summed E-state index contributed by atoms with van der Waals surface area (Å²) < 4.78 is 33.8. The van der Waals surface area contributed by atoms with Crippen molar-refractivity contribution in [1.29, 1.82) is 0 Å². The second-order valence-corrected chi connectivity index (χ2v) is 17.1. The van der Waals surface area contributed by atoms with Gasteiger partial charge in [-0.3, -0.25) is 14.2 Å². The Morgan fingerprint density at radius 1 is 0.554 bits per heavy atom. The van der Waals surface area contributed by atoms with Crippen LogP contribution in [0.15, 0.2) is 60.8 Å². The molecular weight excluding hydrogens is 725 g/mol. The lowest BCUT2D eigenvalue weighted by Crippen LogP contribution is -2.37. The number of ether oxygens (including phenoxy) is 2. The van der Waals surface area contributed by atoms with Gasteiger partial charge in [0.15, 0.2) is 6.10 Å². The van der Waals surface area contributed by atoms with Gasteiger partial charge in [-0.05, 0) is 70.6 Å². The summed E-state index contributed by atoms with van der Waals surface area (Å²) >= 11 is 0. The van der Waals surface area contributed by atoms with E-state index in [1.54, 1.807) is 0 Å². The number of likely N-dealkylation sites (N-methyl/N-ethyl adjacent to an activating group) is 1. The van der Waals surface area contributed by atoms with Crippen molar-refractivity contribution in [2.24, 2.45) is 0 Å². The Kier molecular flexibility index (Phi) is 36.7. The zero-order chi connectivity index (χ0) is 41.4. The summed E-state index contributed by atoms with van der Waals surface area (Å²) in [6, 6.07) is 0. The fraction of sp³-hybridized carbons (Fsp3) is 0.739. The summed E-state index contributed by atoms with van der Waals surface area (Å²) in [4.78, 5) is 37.4. The molecule has 324 valence electrons. The zero-order valence-electron chi connectivity index (χ0n) is 36.3. The highest BCUT2D eigenvalue weighted by Gasteiger charge is 2.21. The molecule has 0 bridgehead atoms. The average Bonchev–Trinajstić information content (AvgIpc) is 3.15. The first-order valence-corrected chi connectivity index (χ1v) is 23.5. The highest BCUT2D eigenvalue weighted by atomic mass is 31.2. The Morgan fingerprint density at radius 2 is 1.00 bits per heavy atom. The molecule has 10 heteroatoms. The molecular formula is C46H82NO8P. The molecule has 0 aromatic rings. The Labute approximate surface area is 343 Å². The van der Waals surface area contributed by atoms with Gasteiger partial charge in [0, 0.05) is 12.8 Å². The van der Waals surface area contributed by atoms with Crippen molar-refractivity contribution >= 4 is 19.8 Å². The van der Waals surface area contributed by atoms with Crippen molar-refractivity contribution in [1.82, 2.24) is 0 Å². The number of nitrogens with zero attached hydrogens (tertiary/aromatic N) is 1. The number of carbonyl (C=O) groups is 2. The zero-order valence-corrected chi connectivity index (χ0v) is 37.2. The smallest absolute Gasteiger partial charge is 0.306 e. The molecule has 0 spiro atoms. The molecule has 0 aromatic heterocycles. The third kappa shape index (κ3) is 41.3. The van der Waals surface area contributed by atoms with Crippen molar-refractivity contribution in [2.75, 3.05) is 47.5 Å². The van der Waals surface area contributed by atoms with Crippen LogP contribution in [-0.2, 0) is 32.7 Å². The number of hydrogen-bond acceptors (Lipinski definition) is 8. The minimum absolute atomic E-state index is 0.0446. The second-order valence-electron chi connectivity index (χ2n) is 15.7. The van der Waals surface area contributed by atoms with Gasteiger partial charge in [-0.15, -0.1) is 0 Å². The minimum Gasteiger partial charge on any atom is -0.756 e. The molecule has 0 saturated heterocycles. The Bertz CT molecular complexity index is 1140. The minimum atomic E-state index is -4.64. The monoisotopic (exact) mass is 808 g/mol. The van der Waals surface area contributed by atoms with Crippen LogP contribution in [0.1, 0.15) is 168 Å². The predicted molar refractivity (Wildman–Crippen MR) is 231 cm³/mol. The van der Waals surface area contributed by atoms with Crippen molar-refractivity contribution < 1.29 is 42.1 Å². The van der Waals surface area contributed by atoms with E-state index in [1.807, 2.05) is 27.2 Å². The molecule has 0 heterocycles. The van der Waals surface area contributed by atoms with E-state index >= 15 is 0 Å². The number of allylic oxidation sites excluding steroid dienone is 10. The van der Waals surface area contributed by atoms with Crippen molar-refractivity contribution in [3.05, 3.63) is 60.8 Å². The van der Waals surface area contributed by atoms with Gasteiger partial charge in [-0.25, -0.2) is 0 Å². The summed E-state index contributed by atoms with van der Waals surface area (Å²) in [5, 5.41) is 0. The third-order valence-corrected chi connectivity index (χ3v) is 9.97. The summed E-state index contributed by atoms with van der Waals surface area (Å²) in [6.45, 7) is 4.09. The molecule has 2 atom stereocenters. The molecule has 0 saturated carbocycles. The third-order valence-electron chi connectivity index (χ3n) is 9.01. The molecule has 0 aliphatic heterocycles. The number of unbranched alkanes of at least 4 members (excludes halogenated alkanes) is 15. The number of phosphoric ester groups is 1. The van der Waals surface area contributed by atoms with Gasteiger partial charge in [-0.2, -0.15) is 0 Å². The van der Waals surface area contributed by atoms with E-state index in [1.165, 1.54) is 64.2 Å². The Balaban J connectivity index is 4.45. The fourth-order valence-corrected chi connectivity index (χ4v) is 6.24. The quantitative estimate of drug-likeness (QED) is 0.0198. The van der Waals surface area contributed by atoms with E-state index < -0.39 is 32.5 Å². The molecule has 1 unspecified atom stereocenters. The highest BCUT2D eigenvalue weighted by Crippen LogP contribution is 2.38. The Hall–Kier alpha value is -2.29. The van der Waals surface area contributed by atoms with E-state index in [0.29, 0.717) is 30.3 Å². The lowest BCUT2D eigenvalue weighted by atomic mass is 10.1. The SMILES string of the molecule is CCCC/C=C/CCCCCCCC(=O)OC[C@H](COP(=O)([O-])OCC[N+](C)(C)C)OC(=O)CCC/C=C/C/C=C/C/C=C/C/C=C/CCCCCCCCC. The molecule has 0 aliphatic rings. The first-order valence-electron chi connectivity index (χ1n) is 22.0. The van der Waals surface area contributed by atoms with Crippen LogP contribution in [0.2, 0.25) is 0 Å². The molecule has 0 radical (unpaired) electrons. The Morgan fingerprint density at radius 3 is 1.55 bits per heavy atom. The molecule has 0 fully saturated rings. The molecule has 0 aliphatic carbocycles. The molecule has 0 amide bonds. The van der Waals surface area contributed by atoms with Gasteiger partial charge in [0.1, 0.15) is 19.8 Å². The maximum absolute atomic E-state index is 12.6. The highest BCUT2D eigenvalue weighted by molar-refractivity contribution is 7.45. The summed E-state index contributed by atoms with van der Waals surface area (Å²) in [5.74, 6) is -0.916. The number of carbonyl (C=O) groups excluding carboxylic acids is 2. The number of phosphoric acid groups is 1. The van der Waals surface area contributed by atoms with E-state index in [4.69, 9.17) is 18.5 Å². The first-order chi connectivity index (χ1) is 27.0. The fourth-order valence-electron chi connectivity index (χ4n) is 5.51. The van der Waals surface area contributed by atoms with Crippen LogP contribution in [0.3, 0.4) is 0 Å². The van der Waals surface area contributed by atoms with Crippen LogP contribution < -0.4 is 4.89 Å². The normalized spacial score (nSPS) is 14.2. The maximum Gasteiger partial charge on any atom is 0.306 e. The van der Waals surface area contributed by atoms with E-state index in [0.717, 1.165) is 57.8 Å². The number of esters is 2.